The summed E-state index contributed by atoms with van der Waals surface area (Å²) in [4.78, 5) is 11.6. The van der Waals surface area contributed by atoms with E-state index in [0.29, 0.717) is 0 Å². The Balaban J connectivity index is 3.17. The van der Waals surface area contributed by atoms with Gasteiger partial charge in [-0.25, -0.2) is 13.1 Å². The number of ether oxygens (including phenoxy) is 1. The Labute approximate surface area is 126 Å². The fraction of sp³-hybridized carbons (Fsp3) is 0.700. The Hall–Kier alpha value is -1.00. The van der Waals surface area contributed by atoms with Gasteiger partial charge in [0.15, 0.2) is 4.60 Å². The first-order chi connectivity index (χ1) is 9.21. The van der Waals surface area contributed by atoms with Crippen molar-refractivity contribution in [2.45, 2.75) is 31.8 Å². The molecule has 0 aliphatic heterocycles. The number of sulfonamides is 1. The summed E-state index contributed by atoms with van der Waals surface area (Å²) in [5, 5.41) is 7.18. The summed E-state index contributed by atoms with van der Waals surface area (Å²) >= 11 is 3.05. The number of halogens is 1. The molecule has 0 N–H and O–H groups in total. The van der Waals surface area contributed by atoms with Crippen LogP contribution in [0.2, 0.25) is 0 Å². The van der Waals surface area contributed by atoms with Gasteiger partial charge in [-0.2, -0.15) is 4.31 Å². The van der Waals surface area contributed by atoms with E-state index in [1.807, 2.05) is 0 Å². The van der Waals surface area contributed by atoms with E-state index in [0.717, 1.165) is 8.99 Å². The number of hydrogen-bond acceptors (Lipinski definition) is 6. The number of carbonyl (C=O) groups is 1. The third kappa shape index (κ3) is 3.55. The lowest BCUT2D eigenvalue weighted by atomic mass is 10.4. The highest BCUT2D eigenvalue weighted by molar-refractivity contribution is 9.10. The van der Waals surface area contributed by atoms with Gasteiger partial charge in [-0.05, 0) is 36.7 Å². The number of aryl methyl sites for hydroxylation is 1. The lowest BCUT2D eigenvalue weighted by Crippen LogP contribution is -2.42. The van der Waals surface area contributed by atoms with Crippen LogP contribution in [0.15, 0.2) is 9.63 Å². The maximum absolute atomic E-state index is 12.6. The first-order valence-corrected chi connectivity index (χ1v) is 8.17. The van der Waals surface area contributed by atoms with Crippen molar-refractivity contribution in [1.29, 1.82) is 0 Å². The largest absolute Gasteiger partial charge is 0.465 e. The Morgan fingerprint density at radius 3 is 2.50 bits per heavy atom. The van der Waals surface area contributed by atoms with E-state index < -0.39 is 22.0 Å². The van der Waals surface area contributed by atoms with Crippen LogP contribution in [0.4, 0.5) is 0 Å². The van der Waals surface area contributed by atoms with E-state index >= 15 is 0 Å². The smallest absolute Gasteiger partial charge is 0.321 e. The standard InChI is InChI=1S/C10H17BrN4O4S/c1-5-19-8(16)6-15(7(2)3)20(17,18)10-9(11)12-13-14(10)4/h7H,5-6H2,1-4H3. The molecule has 0 atom stereocenters. The van der Waals surface area contributed by atoms with Crippen LogP contribution >= 0.6 is 15.9 Å². The normalized spacial score (nSPS) is 12.2. The summed E-state index contributed by atoms with van der Waals surface area (Å²) in [6, 6.07) is -0.411. The van der Waals surface area contributed by atoms with E-state index in [2.05, 4.69) is 26.2 Å². The summed E-state index contributed by atoms with van der Waals surface area (Å²) in [5.74, 6) is -0.601. The molecule has 0 aliphatic carbocycles. The summed E-state index contributed by atoms with van der Waals surface area (Å²) in [6.07, 6.45) is 0. The van der Waals surface area contributed by atoms with Crippen LogP contribution in [0, 0.1) is 0 Å². The number of esters is 1. The molecule has 0 fully saturated rings. The van der Waals surface area contributed by atoms with Crippen LogP contribution in [-0.4, -0.2) is 52.9 Å². The van der Waals surface area contributed by atoms with Gasteiger partial charge in [-0.15, -0.1) is 5.10 Å². The number of carbonyl (C=O) groups excluding carboxylic acids is 1. The van der Waals surface area contributed by atoms with Crippen LogP contribution < -0.4 is 0 Å². The predicted octanol–water partition coefficient (Wildman–Crippen LogP) is 0.540. The molecule has 0 spiro atoms. The molecule has 0 saturated carbocycles. The molecule has 1 aromatic heterocycles. The van der Waals surface area contributed by atoms with Gasteiger partial charge in [-0.1, -0.05) is 5.21 Å². The van der Waals surface area contributed by atoms with Crippen LogP contribution in [-0.2, 0) is 26.6 Å². The quantitative estimate of drug-likeness (QED) is 0.680. The van der Waals surface area contributed by atoms with Crippen molar-refractivity contribution >= 4 is 31.9 Å². The van der Waals surface area contributed by atoms with Crippen LogP contribution in [0.25, 0.3) is 0 Å². The molecule has 20 heavy (non-hydrogen) atoms. The van der Waals surface area contributed by atoms with Gasteiger partial charge in [0, 0.05) is 13.1 Å². The van der Waals surface area contributed by atoms with Crippen LogP contribution in [0.1, 0.15) is 20.8 Å². The Morgan fingerprint density at radius 2 is 2.10 bits per heavy atom. The first kappa shape index (κ1) is 17.1. The molecule has 0 radical (unpaired) electrons. The molecule has 1 aromatic rings. The molecule has 8 nitrogen and oxygen atoms in total. The van der Waals surface area contributed by atoms with Crippen molar-refractivity contribution < 1.29 is 17.9 Å². The number of aromatic nitrogens is 3. The van der Waals surface area contributed by atoms with Crippen molar-refractivity contribution in [3.63, 3.8) is 0 Å². The average Bonchev–Trinajstić information content (AvgIpc) is 2.66. The maximum atomic E-state index is 12.6. The molecule has 114 valence electrons. The Bertz CT molecular complexity index is 565. The first-order valence-electron chi connectivity index (χ1n) is 5.94. The van der Waals surface area contributed by atoms with Gasteiger partial charge in [0.2, 0.25) is 5.03 Å². The molecule has 1 rings (SSSR count). The van der Waals surface area contributed by atoms with Crippen molar-refractivity contribution in [2.75, 3.05) is 13.2 Å². The third-order valence-corrected chi connectivity index (χ3v) is 5.37. The van der Waals surface area contributed by atoms with Gasteiger partial charge < -0.3 is 4.74 Å². The van der Waals surface area contributed by atoms with E-state index in [4.69, 9.17) is 4.74 Å². The fourth-order valence-electron chi connectivity index (χ4n) is 1.59. The maximum Gasteiger partial charge on any atom is 0.321 e. The second-order valence-electron chi connectivity index (χ2n) is 4.26. The molecule has 10 heteroatoms. The minimum atomic E-state index is -3.91. The van der Waals surface area contributed by atoms with Gasteiger partial charge in [0.25, 0.3) is 10.0 Å². The lowest BCUT2D eigenvalue weighted by molar-refractivity contribution is -0.143. The highest BCUT2D eigenvalue weighted by atomic mass is 79.9. The molecular weight excluding hydrogens is 352 g/mol. The molecule has 0 bridgehead atoms. The second-order valence-corrected chi connectivity index (χ2v) is 6.82. The second kappa shape index (κ2) is 6.64. The van der Waals surface area contributed by atoms with Crippen molar-refractivity contribution in [2.24, 2.45) is 7.05 Å². The average molecular weight is 369 g/mol. The Kier molecular flexibility index (Phi) is 5.66. The summed E-state index contributed by atoms with van der Waals surface area (Å²) < 4.78 is 32.3. The summed E-state index contributed by atoms with van der Waals surface area (Å²) in [6.45, 7) is 4.85. The zero-order chi connectivity index (χ0) is 15.5. The van der Waals surface area contributed by atoms with Crippen molar-refractivity contribution in [3.05, 3.63) is 4.60 Å². The monoisotopic (exact) mass is 368 g/mol. The summed E-state index contributed by atoms with van der Waals surface area (Å²) in [5.41, 5.74) is 0. The van der Waals surface area contributed by atoms with E-state index in [1.54, 1.807) is 20.8 Å². The van der Waals surface area contributed by atoms with E-state index in [9.17, 15) is 13.2 Å². The predicted molar refractivity (Wildman–Crippen MR) is 74.4 cm³/mol. The number of nitrogens with zero attached hydrogens (tertiary/aromatic N) is 4. The molecule has 0 aliphatic rings. The van der Waals surface area contributed by atoms with Crippen molar-refractivity contribution in [3.8, 4) is 0 Å². The number of rotatable bonds is 6. The van der Waals surface area contributed by atoms with Crippen molar-refractivity contribution in [1.82, 2.24) is 19.3 Å². The zero-order valence-corrected chi connectivity index (χ0v) is 14.1. The van der Waals surface area contributed by atoms with Gasteiger partial charge in [0.05, 0.1) is 6.61 Å². The molecule has 1 heterocycles. The van der Waals surface area contributed by atoms with E-state index in [1.165, 1.54) is 7.05 Å². The van der Waals surface area contributed by atoms with Crippen LogP contribution in [0.3, 0.4) is 0 Å². The van der Waals surface area contributed by atoms with Gasteiger partial charge in [-0.3, -0.25) is 4.79 Å². The van der Waals surface area contributed by atoms with E-state index in [-0.39, 0.29) is 22.8 Å². The molecule has 0 unspecified atom stereocenters. The van der Waals surface area contributed by atoms with Crippen LogP contribution in [0.5, 0.6) is 0 Å². The minimum absolute atomic E-state index is 0.101. The Morgan fingerprint density at radius 1 is 1.50 bits per heavy atom. The SMILES string of the molecule is CCOC(=O)CN(C(C)C)S(=O)(=O)c1c(Br)nnn1C. The molecule has 0 saturated heterocycles. The lowest BCUT2D eigenvalue weighted by Gasteiger charge is -2.24. The molecule has 0 amide bonds. The highest BCUT2D eigenvalue weighted by Crippen LogP contribution is 2.23. The summed E-state index contributed by atoms with van der Waals surface area (Å²) in [7, 11) is -2.44. The minimum Gasteiger partial charge on any atom is -0.465 e. The van der Waals surface area contributed by atoms with Gasteiger partial charge >= 0.3 is 5.97 Å². The van der Waals surface area contributed by atoms with Gasteiger partial charge in [0.1, 0.15) is 6.54 Å². The molecular formula is C10H17BrN4O4S. The third-order valence-electron chi connectivity index (χ3n) is 2.46. The fourth-order valence-corrected chi connectivity index (χ4v) is 4.20. The highest BCUT2D eigenvalue weighted by Gasteiger charge is 2.34. The topological polar surface area (TPSA) is 94.4 Å². The number of hydrogen-bond donors (Lipinski definition) is 0. The molecule has 0 aromatic carbocycles. The zero-order valence-electron chi connectivity index (χ0n) is 11.7.